The number of rotatable bonds is 10. The highest BCUT2D eigenvalue weighted by Crippen LogP contribution is 2.34. The lowest BCUT2D eigenvalue weighted by Gasteiger charge is -2.22. The zero-order chi connectivity index (χ0) is 25.3. The zero-order valence-electron chi connectivity index (χ0n) is 19.7. The Kier molecular flexibility index (Phi) is 8.37. The summed E-state index contributed by atoms with van der Waals surface area (Å²) in [5.41, 5.74) is 2.80. The minimum Gasteiger partial charge on any atom is -0.497 e. The SMILES string of the molecule is COc1ccc(COc2ccccc2C(C(=O)Cl)C(=O)OC(c2ccccc2)c2ccccc2)cc1. The molecule has 1 atom stereocenters. The van der Waals surface area contributed by atoms with Crippen LogP contribution >= 0.6 is 11.6 Å². The first kappa shape index (κ1) is 25.0. The first-order chi connectivity index (χ1) is 17.6. The van der Waals surface area contributed by atoms with Crippen molar-refractivity contribution < 1.29 is 23.8 Å². The molecule has 0 radical (unpaired) electrons. The lowest BCUT2D eigenvalue weighted by atomic mass is 9.98. The molecule has 0 aliphatic rings. The van der Waals surface area contributed by atoms with Crippen LogP contribution in [0.3, 0.4) is 0 Å². The molecule has 1 unspecified atom stereocenters. The van der Waals surface area contributed by atoms with Crippen molar-refractivity contribution in [3.63, 3.8) is 0 Å². The fourth-order valence-electron chi connectivity index (χ4n) is 3.84. The topological polar surface area (TPSA) is 61.8 Å². The Labute approximate surface area is 215 Å². The monoisotopic (exact) mass is 500 g/mol. The van der Waals surface area contributed by atoms with E-state index in [2.05, 4.69) is 0 Å². The van der Waals surface area contributed by atoms with E-state index in [0.717, 1.165) is 22.4 Å². The number of hydrogen-bond donors (Lipinski definition) is 0. The zero-order valence-corrected chi connectivity index (χ0v) is 20.4. The second-order valence-corrected chi connectivity index (χ2v) is 8.42. The third-order valence-electron chi connectivity index (χ3n) is 5.68. The summed E-state index contributed by atoms with van der Waals surface area (Å²) < 4.78 is 17.1. The number of hydrogen-bond acceptors (Lipinski definition) is 5. The van der Waals surface area contributed by atoms with Gasteiger partial charge in [-0.2, -0.15) is 0 Å². The van der Waals surface area contributed by atoms with Crippen molar-refractivity contribution in [3.8, 4) is 11.5 Å². The van der Waals surface area contributed by atoms with Gasteiger partial charge in [-0.05, 0) is 46.5 Å². The third-order valence-corrected chi connectivity index (χ3v) is 5.90. The number of benzene rings is 4. The van der Waals surface area contributed by atoms with Gasteiger partial charge in [-0.25, -0.2) is 0 Å². The van der Waals surface area contributed by atoms with Crippen molar-refractivity contribution in [1.82, 2.24) is 0 Å². The van der Waals surface area contributed by atoms with E-state index in [1.807, 2.05) is 84.9 Å². The van der Waals surface area contributed by atoms with E-state index in [9.17, 15) is 9.59 Å². The summed E-state index contributed by atoms with van der Waals surface area (Å²) in [6.07, 6.45) is -0.703. The molecule has 0 saturated heterocycles. The normalized spacial score (nSPS) is 11.5. The van der Waals surface area contributed by atoms with E-state index in [1.54, 1.807) is 31.4 Å². The van der Waals surface area contributed by atoms with Crippen molar-refractivity contribution in [1.29, 1.82) is 0 Å². The summed E-state index contributed by atoms with van der Waals surface area (Å²) in [6.45, 7) is 0.232. The largest absolute Gasteiger partial charge is 0.497 e. The standard InChI is InChI=1S/C30H25ClO5/c1-34-24-18-16-21(17-19-24)20-35-26-15-9-8-14-25(26)27(29(31)32)30(33)36-28(22-10-4-2-5-11-22)23-12-6-3-7-13-23/h2-19,27-28H,20H2,1H3. The second kappa shape index (κ2) is 12.0. The third kappa shape index (κ3) is 6.12. The molecule has 0 fully saturated rings. The average Bonchev–Trinajstić information content (AvgIpc) is 2.92. The number of halogens is 1. The predicted molar refractivity (Wildman–Crippen MR) is 138 cm³/mol. The van der Waals surface area contributed by atoms with Gasteiger partial charge in [-0.1, -0.05) is 91.0 Å². The molecule has 36 heavy (non-hydrogen) atoms. The first-order valence-corrected chi connectivity index (χ1v) is 11.8. The maximum absolute atomic E-state index is 13.4. The van der Waals surface area contributed by atoms with Crippen molar-refractivity contribution >= 4 is 22.8 Å². The molecule has 0 N–H and O–H groups in total. The molecule has 4 aromatic carbocycles. The van der Waals surface area contributed by atoms with Gasteiger partial charge in [-0.15, -0.1) is 0 Å². The molecule has 5 nitrogen and oxygen atoms in total. The maximum Gasteiger partial charge on any atom is 0.323 e. The van der Waals surface area contributed by atoms with Crippen LogP contribution in [0.15, 0.2) is 109 Å². The Morgan fingerprint density at radius 1 is 0.750 bits per heavy atom. The molecule has 0 heterocycles. The Bertz CT molecular complexity index is 1250. The van der Waals surface area contributed by atoms with E-state index in [0.29, 0.717) is 11.3 Å². The van der Waals surface area contributed by atoms with E-state index < -0.39 is 23.2 Å². The molecule has 6 heteroatoms. The molecule has 0 aliphatic carbocycles. The number of ether oxygens (including phenoxy) is 3. The van der Waals surface area contributed by atoms with Gasteiger partial charge in [0.25, 0.3) is 0 Å². The van der Waals surface area contributed by atoms with Crippen LogP contribution in [0.1, 0.15) is 34.3 Å². The highest BCUT2D eigenvalue weighted by atomic mass is 35.5. The smallest absolute Gasteiger partial charge is 0.323 e. The minimum absolute atomic E-state index is 0.232. The molecule has 0 aromatic heterocycles. The van der Waals surface area contributed by atoms with Gasteiger partial charge in [-0.3, -0.25) is 9.59 Å². The molecule has 182 valence electrons. The van der Waals surface area contributed by atoms with Gasteiger partial charge in [0.15, 0.2) is 12.0 Å². The molecule has 4 rings (SSSR count). The van der Waals surface area contributed by atoms with Gasteiger partial charge < -0.3 is 14.2 Å². The fraction of sp³-hybridized carbons (Fsp3) is 0.133. The van der Waals surface area contributed by atoms with Crippen LogP contribution in [0.4, 0.5) is 0 Å². The Balaban J connectivity index is 1.59. The number of methoxy groups -OCH3 is 1. The Morgan fingerprint density at radius 3 is 1.86 bits per heavy atom. The van der Waals surface area contributed by atoms with E-state index in [1.165, 1.54) is 0 Å². The molecular weight excluding hydrogens is 476 g/mol. The average molecular weight is 501 g/mol. The summed E-state index contributed by atoms with van der Waals surface area (Å²) in [6, 6.07) is 33.0. The van der Waals surface area contributed by atoms with Gasteiger partial charge in [0.05, 0.1) is 7.11 Å². The van der Waals surface area contributed by atoms with Crippen LogP contribution in [0.2, 0.25) is 0 Å². The second-order valence-electron chi connectivity index (χ2n) is 8.05. The summed E-state index contributed by atoms with van der Waals surface area (Å²) in [4.78, 5) is 26.0. The number of carbonyl (C=O) groups excluding carboxylic acids is 2. The van der Waals surface area contributed by atoms with Crippen molar-refractivity contribution in [2.75, 3.05) is 7.11 Å². The van der Waals surface area contributed by atoms with Crippen molar-refractivity contribution in [2.45, 2.75) is 18.6 Å². The molecule has 4 aromatic rings. The molecule has 0 saturated carbocycles. The molecular formula is C30H25ClO5. The van der Waals surface area contributed by atoms with Crippen molar-refractivity contribution in [3.05, 3.63) is 131 Å². The highest BCUT2D eigenvalue weighted by molar-refractivity contribution is 6.66. The van der Waals surface area contributed by atoms with E-state index in [4.69, 9.17) is 25.8 Å². The van der Waals surface area contributed by atoms with Crippen LogP contribution in [0.25, 0.3) is 0 Å². The van der Waals surface area contributed by atoms with Crippen LogP contribution in [-0.2, 0) is 20.9 Å². The van der Waals surface area contributed by atoms with Gasteiger partial charge in [0, 0.05) is 5.56 Å². The molecule has 0 aliphatic heterocycles. The van der Waals surface area contributed by atoms with Gasteiger partial charge in [0.2, 0.25) is 5.24 Å². The lowest BCUT2D eigenvalue weighted by Crippen LogP contribution is -2.24. The van der Waals surface area contributed by atoms with Crippen LogP contribution < -0.4 is 9.47 Å². The van der Waals surface area contributed by atoms with Gasteiger partial charge >= 0.3 is 5.97 Å². The molecule has 0 amide bonds. The number of esters is 1. The van der Waals surface area contributed by atoms with Crippen LogP contribution in [-0.4, -0.2) is 18.3 Å². The Morgan fingerprint density at radius 2 is 1.31 bits per heavy atom. The van der Waals surface area contributed by atoms with Gasteiger partial charge in [0.1, 0.15) is 18.1 Å². The minimum atomic E-state index is -1.35. The highest BCUT2D eigenvalue weighted by Gasteiger charge is 2.34. The van der Waals surface area contributed by atoms with E-state index in [-0.39, 0.29) is 6.61 Å². The Hall–Kier alpha value is -4.09. The number of carbonyl (C=O) groups is 2. The van der Waals surface area contributed by atoms with Crippen LogP contribution in [0.5, 0.6) is 11.5 Å². The quantitative estimate of drug-likeness (QED) is 0.142. The fourth-order valence-corrected chi connectivity index (χ4v) is 4.05. The van der Waals surface area contributed by atoms with Crippen molar-refractivity contribution in [2.24, 2.45) is 0 Å². The maximum atomic E-state index is 13.4. The lowest BCUT2D eigenvalue weighted by molar-refractivity contribution is -0.150. The summed E-state index contributed by atoms with van der Waals surface area (Å²) in [5.74, 6) is -0.997. The summed E-state index contributed by atoms with van der Waals surface area (Å²) in [7, 11) is 1.60. The molecule has 0 spiro atoms. The summed E-state index contributed by atoms with van der Waals surface area (Å²) >= 11 is 5.96. The van der Waals surface area contributed by atoms with E-state index >= 15 is 0 Å². The predicted octanol–water partition coefficient (Wildman–Crippen LogP) is 6.46. The van der Waals surface area contributed by atoms with Crippen LogP contribution in [0, 0.1) is 0 Å². The first-order valence-electron chi connectivity index (χ1n) is 11.4. The molecule has 0 bridgehead atoms. The number of para-hydroxylation sites is 1. The summed E-state index contributed by atoms with van der Waals surface area (Å²) in [5, 5.41) is -0.847.